The van der Waals surface area contributed by atoms with Crippen molar-refractivity contribution < 1.29 is 14.1 Å². The highest BCUT2D eigenvalue weighted by atomic mass is 19.1. The van der Waals surface area contributed by atoms with Crippen molar-refractivity contribution in [2.75, 3.05) is 0 Å². The Hall–Kier alpha value is -2.57. The number of rotatable bonds is 3. The van der Waals surface area contributed by atoms with Crippen molar-refractivity contribution >= 4 is 5.69 Å². The minimum absolute atomic E-state index is 0.00579. The van der Waals surface area contributed by atoms with Gasteiger partial charge in [-0.1, -0.05) is 0 Å². The molecule has 6 nitrogen and oxygen atoms in total. The van der Waals surface area contributed by atoms with Gasteiger partial charge in [-0.25, -0.2) is 9.97 Å². The van der Waals surface area contributed by atoms with Gasteiger partial charge in [0, 0.05) is 5.56 Å². The van der Waals surface area contributed by atoms with Gasteiger partial charge in [-0.3, -0.25) is 10.1 Å². The zero-order chi connectivity index (χ0) is 14.0. The highest BCUT2D eigenvalue weighted by Gasteiger charge is 2.15. The number of aromatic nitrogens is 2. The molecule has 0 atom stereocenters. The minimum atomic E-state index is -0.732. The van der Waals surface area contributed by atoms with E-state index in [2.05, 4.69) is 9.97 Å². The predicted octanol–water partition coefficient (Wildman–Crippen LogP) is 2.93. The van der Waals surface area contributed by atoms with Crippen molar-refractivity contribution in [2.45, 2.75) is 13.8 Å². The predicted molar refractivity (Wildman–Crippen MR) is 64.6 cm³/mol. The molecule has 0 unspecified atom stereocenters. The molecule has 0 fully saturated rings. The monoisotopic (exact) mass is 263 g/mol. The third-order valence-electron chi connectivity index (χ3n) is 2.51. The number of nitrogens with zero attached hydrogens (tertiary/aromatic N) is 3. The molecule has 19 heavy (non-hydrogen) atoms. The highest BCUT2D eigenvalue weighted by molar-refractivity contribution is 5.50. The second-order valence-corrected chi connectivity index (χ2v) is 3.94. The summed E-state index contributed by atoms with van der Waals surface area (Å²) in [4.78, 5) is 17.4. The van der Waals surface area contributed by atoms with Gasteiger partial charge in [-0.2, -0.15) is 4.39 Å². The molecule has 1 aromatic heterocycles. The Morgan fingerprint density at radius 1 is 1.21 bits per heavy atom. The summed E-state index contributed by atoms with van der Waals surface area (Å²) in [5, 5.41) is 10.9. The van der Waals surface area contributed by atoms with Crippen LogP contribution in [0.2, 0.25) is 0 Å². The molecule has 0 spiro atoms. The summed E-state index contributed by atoms with van der Waals surface area (Å²) < 4.78 is 18.2. The molecule has 1 aromatic carbocycles. The van der Waals surface area contributed by atoms with E-state index in [1.165, 1.54) is 6.07 Å². The van der Waals surface area contributed by atoms with Gasteiger partial charge >= 0.3 is 0 Å². The molecule has 0 aliphatic carbocycles. The third kappa shape index (κ3) is 2.82. The Labute approximate surface area is 108 Å². The topological polar surface area (TPSA) is 78.2 Å². The second-order valence-electron chi connectivity index (χ2n) is 3.94. The Morgan fingerprint density at radius 3 is 2.58 bits per heavy atom. The van der Waals surface area contributed by atoms with E-state index in [4.69, 9.17) is 4.74 Å². The van der Waals surface area contributed by atoms with Crippen molar-refractivity contribution in [1.29, 1.82) is 0 Å². The van der Waals surface area contributed by atoms with Crippen LogP contribution in [0.4, 0.5) is 10.1 Å². The lowest BCUT2D eigenvalue weighted by atomic mass is 10.1. The van der Waals surface area contributed by atoms with Crippen LogP contribution < -0.4 is 4.74 Å². The van der Waals surface area contributed by atoms with Crippen LogP contribution in [0.25, 0.3) is 0 Å². The molecule has 0 saturated heterocycles. The summed E-state index contributed by atoms with van der Waals surface area (Å²) in [7, 11) is 0. The third-order valence-corrected chi connectivity index (χ3v) is 2.51. The zero-order valence-corrected chi connectivity index (χ0v) is 10.3. The summed E-state index contributed by atoms with van der Waals surface area (Å²) in [6.45, 7) is 3.38. The number of aryl methyl sites for hydroxylation is 2. The van der Waals surface area contributed by atoms with Crippen LogP contribution in [0.1, 0.15) is 11.1 Å². The van der Waals surface area contributed by atoms with Crippen molar-refractivity contribution in [3.63, 3.8) is 0 Å². The van der Waals surface area contributed by atoms with Gasteiger partial charge < -0.3 is 4.74 Å². The Bertz CT molecular complexity index is 646. The van der Waals surface area contributed by atoms with Gasteiger partial charge in [0.1, 0.15) is 12.1 Å². The van der Waals surface area contributed by atoms with Gasteiger partial charge in [-0.05, 0) is 25.5 Å². The fourth-order valence-electron chi connectivity index (χ4n) is 1.61. The van der Waals surface area contributed by atoms with E-state index in [-0.39, 0.29) is 17.3 Å². The molecule has 0 N–H and O–H groups in total. The van der Waals surface area contributed by atoms with Crippen LogP contribution in [0, 0.1) is 29.9 Å². The van der Waals surface area contributed by atoms with Gasteiger partial charge in [0.15, 0.2) is 0 Å². The lowest BCUT2D eigenvalue weighted by Crippen LogP contribution is -1.97. The molecular formula is C12H10FN3O3. The first-order valence-electron chi connectivity index (χ1n) is 5.38. The maximum absolute atomic E-state index is 12.9. The van der Waals surface area contributed by atoms with Crippen molar-refractivity contribution in [1.82, 2.24) is 9.97 Å². The largest absolute Gasteiger partial charge is 0.438 e. The molecule has 2 aromatic rings. The molecule has 0 aliphatic heterocycles. The van der Waals surface area contributed by atoms with Gasteiger partial charge in [-0.15, -0.1) is 0 Å². The summed E-state index contributed by atoms with van der Waals surface area (Å²) in [5.41, 5.74) is 1.17. The van der Waals surface area contributed by atoms with E-state index in [0.717, 1.165) is 12.4 Å². The number of benzene rings is 1. The lowest BCUT2D eigenvalue weighted by molar-refractivity contribution is -0.385. The molecule has 98 valence electrons. The average molecular weight is 263 g/mol. The van der Waals surface area contributed by atoms with Crippen molar-refractivity contribution in [3.05, 3.63) is 51.7 Å². The zero-order valence-electron chi connectivity index (χ0n) is 10.3. The first-order chi connectivity index (χ1) is 8.97. The van der Waals surface area contributed by atoms with E-state index < -0.39 is 10.9 Å². The van der Waals surface area contributed by atoms with Crippen LogP contribution >= 0.6 is 0 Å². The van der Waals surface area contributed by atoms with Crippen molar-refractivity contribution in [2.24, 2.45) is 0 Å². The average Bonchev–Trinajstić information content (AvgIpc) is 2.32. The number of nitro groups is 1. The first-order valence-corrected chi connectivity index (χ1v) is 5.38. The van der Waals surface area contributed by atoms with Crippen LogP contribution in [0.3, 0.4) is 0 Å². The highest BCUT2D eigenvalue weighted by Crippen LogP contribution is 2.30. The van der Waals surface area contributed by atoms with E-state index >= 15 is 0 Å². The lowest BCUT2D eigenvalue weighted by Gasteiger charge is -2.08. The van der Waals surface area contributed by atoms with E-state index in [9.17, 15) is 14.5 Å². The second kappa shape index (κ2) is 4.97. The first kappa shape index (κ1) is 12.9. The van der Waals surface area contributed by atoms with Crippen LogP contribution in [0.15, 0.2) is 24.5 Å². The molecule has 1 heterocycles. The maximum Gasteiger partial charge on any atom is 0.276 e. The Balaban J connectivity index is 2.40. The maximum atomic E-state index is 12.9. The number of nitro benzene ring substituents is 1. The van der Waals surface area contributed by atoms with E-state index in [1.54, 1.807) is 19.9 Å². The number of halogens is 1. The number of ether oxygens (including phenoxy) is 1. The SMILES string of the molecule is Cc1cc(C)c([N+](=O)[O-])cc1Oc1cc(F)ncn1. The molecule has 2 rings (SSSR count). The van der Waals surface area contributed by atoms with Crippen LogP contribution in [0.5, 0.6) is 11.6 Å². The molecule has 0 saturated carbocycles. The van der Waals surface area contributed by atoms with Gasteiger partial charge in [0.2, 0.25) is 11.8 Å². The summed E-state index contributed by atoms with van der Waals surface area (Å²) in [6, 6.07) is 3.93. The summed E-state index contributed by atoms with van der Waals surface area (Å²) >= 11 is 0. The Kier molecular flexibility index (Phi) is 3.37. The van der Waals surface area contributed by atoms with Crippen LogP contribution in [-0.4, -0.2) is 14.9 Å². The fraction of sp³-hybridized carbons (Fsp3) is 0.167. The smallest absolute Gasteiger partial charge is 0.276 e. The molecule has 0 radical (unpaired) electrons. The van der Waals surface area contributed by atoms with Gasteiger partial charge in [0.25, 0.3) is 5.69 Å². The number of hydrogen-bond donors (Lipinski definition) is 0. The number of hydrogen-bond acceptors (Lipinski definition) is 5. The molecular weight excluding hydrogens is 253 g/mol. The minimum Gasteiger partial charge on any atom is -0.438 e. The Morgan fingerprint density at radius 2 is 1.95 bits per heavy atom. The summed E-state index contributed by atoms with van der Waals surface area (Å²) in [6.07, 6.45) is 1.02. The molecule has 0 amide bonds. The van der Waals surface area contributed by atoms with Gasteiger partial charge in [0.05, 0.1) is 17.1 Å². The van der Waals surface area contributed by atoms with E-state index in [1.807, 2.05) is 0 Å². The van der Waals surface area contributed by atoms with E-state index in [0.29, 0.717) is 11.1 Å². The van der Waals surface area contributed by atoms with Crippen molar-refractivity contribution in [3.8, 4) is 11.6 Å². The fourth-order valence-corrected chi connectivity index (χ4v) is 1.61. The normalized spacial score (nSPS) is 10.3. The van der Waals surface area contributed by atoms with Crippen LogP contribution in [-0.2, 0) is 0 Å². The molecule has 7 heteroatoms. The summed E-state index contributed by atoms with van der Waals surface area (Å²) in [5.74, 6) is -0.478. The quantitative estimate of drug-likeness (QED) is 0.483. The standard InChI is InChI=1S/C12H10FN3O3/c1-7-3-8(2)10(4-9(7)16(17)18)19-12-5-11(13)14-6-15-12/h3-6H,1-2H3. The molecule has 0 aliphatic rings. The molecule has 0 bridgehead atoms.